The van der Waals surface area contributed by atoms with Crippen LogP contribution in [0.5, 0.6) is 0 Å². The first-order valence-electron chi connectivity index (χ1n) is 10.1. The number of hydroxylamine groups is 2. The number of fused-ring (bicyclic) bond motifs is 1. The number of rotatable bonds is 3. The Bertz CT molecular complexity index is 820. The molecule has 158 valence electrons. The zero-order valence-corrected chi connectivity index (χ0v) is 18.3. The zero-order chi connectivity index (χ0) is 20.6. The van der Waals surface area contributed by atoms with E-state index in [2.05, 4.69) is 15.6 Å². The fraction of sp³-hybridized carbons (Fsp3) is 0.722. The molecule has 2 amide bonds. The highest BCUT2D eigenvalue weighted by Crippen LogP contribution is 2.43. The number of nitrogens with one attached hydrogen (secondary N) is 1. The molecule has 2 aliphatic carbocycles. The average Bonchev–Trinajstić information content (AvgIpc) is 3.25. The Balaban J connectivity index is 1.57. The van der Waals surface area contributed by atoms with Gasteiger partial charge in [0.2, 0.25) is 0 Å². The van der Waals surface area contributed by atoms with Crippen molar-refractivity contribution in [3.63, 3.8) is 0 Å². The smallest absolute Gasteiger partial charge is 0.333 e. The predicted octanol–water partition coefficient (Wildman–Crippen LogP) is 3.28. The summed E-state index contributed by atoms with van der Waals surface area (Å²) in [7, 11) is 0. The van der Waals surface area contributed by atoms with Crippen LogP contribution < -0.4 is 5.32 Å². The minimum atomic E-state index is -0.735. The van der Waals surface area contributed by atoms with Crippen molar-refractivity contribution < 1.29 is 14.6 Å². The fourth-order valence-corrected chi connectivity index (χ4v) is 5.94. The Morgan fingerprint density at radius 2 is 2.07 bits per heavy atom. The molecule has 1 saturated heterocycles. The largest absolute Gasteiger partial charge is 0.343 e. The van der Waals surface area contributed by atoms with Gasteiger partial charge in [-0.2, -0.15) is 10.2 Å². The first-order chi connectivity index (χ1) is 13.9. The zero-order valence-electron chi connectivity index (χ0n) is 16.6. The summed E-state index contributed by atoms with van der Waals surface area (Å²) in [6.07, 6.45) is 6.91. The molecule has 0 unspecified atom stereocenters. The number of hydrogen-bond donors (Lipinski definition) is 2. The van der Waals surface area contributed by atoms with Gasteiger partial charge in [-0.15, -0.1) is 0 Å². The Hall–Kier alpha value is -1.72. The van der Waals surface area contributed by atoms with Crippen LogP contribution in [0.1, 0.15) is 70.2 Å². The summed E-state index contributed by atoms with van der Waals surface area (Å²) in [6.45, 7) is 3.88. The highest BCUT2D eigenvalue weighted by Gasteiger charge is 2.50. The van der Waals surface area contributed by atoms with Crippen molar-refractivity contribution >= 4 is 40.0 Å². The number of aryl methyl sites for hydroxylation is 1. The molecule has 29 heavy (non-hydrogen) atoms. The van der Waals surface area contributed by atoms with Gasteiger partial charge in [0.15, 0.2) is 16.2 Å². The van der Waals surface area contributed by atoms with E-state index >= 15 is 0 Å². The van der Waals surface area contributed by atoms with Gasteiger partial charge in [-0.25, -0.2) is 14.4 Å². The predicted molar refractivity (Wildman–Crippen MR) is 113 cm³/mol. The van der Waals surface area contributed by atoms with Gasteiger partial charge in [0, 0.05) is 6.04 Å². The summed E-state index contributed by atoms with van der Waals surface area (Å²) >= 11 is 6.94. The molecule has 2 heterocycles. The van der Waals surface area contributed by atoms with E-state index in [1.807, 2.05) is 13.8 Å². The maximum Gasteiger partial charge on any atom is 0.343 e. The molecule has 1 aromatic rings. The van der Waals surface area contributed by atoms with Crippen LogP contribution in [0, 0.1) is 0 Å². The molecule has 1 atom stereocenters. The van der Waals surface area contributed by atoms with E-state index in [9.17, 15) is 10.0 Å². The first kappa shape index (κ1) is 20.5. The second-order valence-corrected chi connectivity index (χ2v) is 10.6. The molecule has 3 aliphatic rings. The van der Waals surface area contributed by atoms with Crippen LogP contribution >= 0.6 is 24.0 Å². The van der Waals surface area contributed by atoms with Gasteiger partial charge < -0.3 is 5.32 Å². The lowest BCUT2D eigenvalue weighted by atomic mass is 9.96. The van der Waals surface area contributed by atoms with Crippen molar-refractivity contribution in [1.29, 1.82) is 0 Å². The van der Waals surface area contributed by atoms with Gasteiger partial charge in [-0.1, -0.05) is 48.4 Å². The van der Waals surface area contributed by atoms with Crippen molar-refractivity contribution in [2.24, 2.45) is 5.10 Å². The monoisotopic (exact) mass is 438 g/mol. The molecule has 1 aliphatic heterocycles. The molecule has 4 rings (SSSR count). The van der Waals surface area contributed by atoms with Gasteiger partial charge in [0.25, 0.3) is 0 Å². The lowest BCUT2D eigenvalue weighted by molar-refractivity contribution is -0.119. The van der Waals surface area contributed by atoms with Crippen molar-refractivity contribution in [3.8, 4) is 0 Å². The molecular formula is C18H26N6O3S2. The van der Waals surface area contributed by atoms with E-state index in [-0.39, 0.29) is 6.04 Å². The number of carbonyl (C=O) groups is 1. The lowest BCUT2D eigenvalue weighted by Gasteiger charge is -2.35. The van der Waals surface area contributed by atoms with Crippen LogP contribution in [-0.4, -0.2) is 58.6 Å². The summed E-state index contributed by atoms with van der Waals surface area (Å²) < 4.78 is 4.82. The third-order valence-corrected chi connectivity index (χ3v) is 7.18. The van der Waals surface area contributed by atoms with E-state index < -0.39 is 16.9 Å². The van der Waals surface area contributed by atoms with Crippen LogP contribution in [0.2, 0.25) is 0 Å². The normalized spacial score (nSPS) is 25.9. The minimum Gasteiger partial charge on any atom is -0.333 e. The summed E-state index contributed by atoms with van der Waals surface area (Å²) in [5.41, 5.74) is 2.11. The lowest BCUT2D eigenvalue weighted by Crippen LogP contribution is -2.57. The standard InChI is InChI=1S/C18H26N6O3S2/c1-18(2)15(24(26)16(25)19-11-7-4-3-5-8-11)23(17(28)29-18)20-12-9-6-10-13-14(12)22-27-21-13/h11,15,26H,3-10H2,1-2H3,(H,19,25)/b20-12-/t15-/m0/s1. The van der Waals surface area contributed by atoms with Crippen molar-refractivity contribution in [2.75, 3.05) is 0 Å². The maximum absolute atomic E-state index is 12.8. The summed E-state index contributed by atoms with van der Waals surface area (Å²) in [5, 5.41) is 28.7. The van der Waals surface area contributed by atoms with E-state index in [1.54, 1.807) is 5.01 Å². The fourth-order valence-electron chi connectivity index (χ4n) is 4.17. The van der Waals surface area contributed by atoms with Crippen LogP contribution in [0.4, 0.5) is 4.79 Å². The Morgan fingerprint density at radius 3 is 2.83 bits per heavy atom. The summed E-state index contributed by atoms with van der Waals surface area (Å²) in [6, 6.07) is -0.421. The first-order valence-corrected chi connectivity index (χ1v) is 11.3. The van der Waals surface area contributed by atoms with Gasteiger partial charge in [0.1, 0.15) is 5.69 Å². The molecule has 0 radical (unpaired) electrons. The van der Waals surface area contributed by atoms with E-state index in [4.69, 9.17) is 21.9 Å². The quantitative estimate of drug-likeness (QED) is 0.421. The van der Waals surface area contributed by atoms with Crippen molar-refractivity contribution in [3.05, 3.63) is 11.4 Å². The maximum atomic E-state index is 12.8. The van der Waals surface area contributed by atoms with Gasteiger partial charge in [0.05, 0.1) is 10.5 Å². The molecule has 9 nitrogen and oxygen atoms in total. The van der Waals surface area contributed by atoms with Gasteiger partial charge >= 0.3 is 6.03 Å². The summed E-state index contributed by atoms with van der Waals surface area (Å²) in [4.78, 5) is 12.8. The summed E-state index contributed by atoms with van der Waals surface area (Å²) in [5.74, 6) is 0. The molecular weight excluding hydrogens is 412 g/mol. The number of aromatic nitrogens is 2. The van der Waals surface area contributed by atoms with Crippen LogP contribution in [0.15, 0.2) is 9.73 Å². The third kappa shape index (κ3) is 4.13. The van der Waals surface area contributed by atoms with E-state index in [0.717, 1.165) is 49.3 Å². The van der Waals surface area contributed by atoms with Gasteiger partial charge in [-0.05, 0) is 51.1 Å². The molecule has 1 saturated carbocycles. The molecule has 11 heteroatoms. The molecule has 1 aromatic heterocycles. The second kappa shape index (κ2) is 8.19. The Labute approximate surface area is 179 Å². The highest BCUT2D eigenvalue weighted by atomic mass is 32.2. The average molecular weight is 439 g/mol. The highest BCUT2D eigenvalue weighted by molar-refractivity contribution is 8.24. The van der Waals surface area contributed by atoms with Crippen molar-refractivity contribution in [2.45, 2.75) is 82.2 Å². The molecule has 0 aromatic carbocycles. The molecule has 0 spiro atoms. The number of thiocarbonyl (C=S) groups is 1. The number of urea groups is 1. The van der Waals surface area contributed by atoms with Gasteiger partial charge in [-0.3, -0.25) is 5.21 Å². The number of hydrogen-bond acceptors (Lipinski definition) is 8. The number of carbonyl (C=O) groups excluding carboxylic acids is 1. The van der Waals surface area contributed by atoms with Crippen LogP contribution in [0.25, 0.3) is 0 Å². The molecule has 2 fully saturated rings. The number of hydrazone groups is 1. The number of thioether (sulfide) groups is 1. The second-order valence-electron chi connectivity index (χ2n) is 8.28. The van der Waals surface area contributed by atoms with Crippen molar-refractivity contribution in [1.82, 2.24) is 25.7 Å². The van der Waals surface area contributed by atoms with Crippen LogP contribution in [0.3, 0.4) is 0 Å². The van der Waals surface area contributed by atoms with E-state index in [0.29, 0.717) is 22.1 Å². The van der Waals surface area contributed by atoms with Crippen LogP contribution in [-0.2, 0) is 6.42 Å². The molecule has 0 bridgehead atoms. The molecule has 2 N–H and O–H groups in total. The number of amides is 2. The van der Waals surface area contributed by atoms with E-state index in [1.165, 1.54) is 18.2 Å². The Morgan fingerprint density at radius 1 is 1.31 bits per heavy atom. The third-order valence-electron chi connectivity index (χ3n) is 5.65. The Kier molecular flexibility index (Phi) is 5.80. The number of nitrogens with zero attached hydrogens (tertiary/aromatic N) is 5. The minimum absolute atomic E-state index is 0.0943. The SMILES string of the molecule is CC1(C)SC(=S)N(/N=C2/CCCc3nonc32)[C@H]1N(O)C(=O)NC1CCCCC1. The topological polar surface area (TPSA) is 107 Å².